The van der Waals surface area contributed by atoms with Gasteiger partial charge in [0.25, 0.3) is 0 Å². The summed E-state index contributed by atoms with van der Waals surface area (Å²) in [5, 5.41) is 10.1. The molecule has 66 valence electrons. The molecule has 1 nitrogen and oxygen atoms in total. The first kappa shape index (κ1) is 9.59. The molecule has 0 fully saturated rings. The lowest BCUT2D eigenvalue weighted by Gasteiger charge is -1.99. The van der Waals surface area contributed by atoms with E-state index in [1.807, 2.05) is 12.1 Å². The van der Waals surface area contributed by atoms with Crippen LogP contribution in [0.1, 0.15) is 18.4 Å². The fourth-order valence-corrected chi connectivity index (χ4v) is 1.48. The van der Waals surface area contributed by atoms with Crippen LogP contribution in [0.3, 0.4) is 0 Å². The van der Waals surface area contributed by atoms with Crippen LogP contribution < -0.4 is 0 Å². The van der Waals surface area contributed by atoms with Gasteiger partial charge in [-0.3, -0.25) is 0 Å². The summed E-state index contributed by atoms with van der Waals surface area (Å²) in [6.45, 7) is 0. The molecule has 1 aromatic rings. The van der Waals surface area contributed by atoms with Crippen LogP contribution in [0.15, 0.2) is 24.3 Å². The van der Waals surface area contributed by atoms with Gasteiger partial charge in [0.05, 0.1) is 0 Å². The summed E-state index contributed by atoms with van der Waals surface area (Å²) in [7, 11) is 0. The number of alkyl halides is 1. The quantitative estimate of drug-likeness (QED) is 0.621. The molecule has 0 unspecified atom stereocenters. The van der Waals surface area contributed by atoms with Crippen LogP contribution in [0, 0.1) is 0 Å². The molecule has 0 atom stereocenters. The molecule has 0 aliphatic carbocycles. The van der Waals surface area contributed by atoms with E-state index in [4.69, 9.17) is 5.11 Å². The van der Waals surface area contributed by atoms with Crippen LogP contribution in [0.4, 0.5) is 0 Å². The molecule has 0 bridgehead atoms. The molecular formula is C10H13BrO. The minimum atomic E-state index is 0.347. The molecule has 12 heavy (non-hydrogen) atoms. The van der Waals surface area contributed by atoms with Gasteiger partial charge in [-0.15, -0.1) is 0 Å². The zero-order valence-electron chi connectivity index (χ0n) is 6.96. The number of phenols is 1. The third-order valence-electron chi connectivity index (χ3n) is 1.79. The fourth-order valence-electron chi connectivity index (χ4n) is 1.09. The molecule has 2 heteroatoms. The second kappa shape index (κ2) is 5.20. The summed E-state index contributed by atoms with van der Waals surface area (Å²) >= 11 is 3.39. The van der Waals surface area contributed by atoms with Gasteiger partial charge in [-0.2, -0.15) is 0 Å². The summed E-state index contributed by atoms with van der Waals surface area (Å²) in [5.41, 5.74) is 1.30. The topological polar surface area (TPSA) is 20.2 Å². The maximum absolute atomic E-state index is 9.02. The summed E-state index contributed by atoms with van der Waals surface area (Å²) in [6, 6.07) is 7.43. The monoisotopic (exact) mass is 228 g/mol. The van der Waals surface area contributed by atoms with E-state index >= 15 is 0 Å². The van der Waals surface area contributed by atoms with Crippen molar-refractivity contribution in [1.29, 1.82) is 0 Å². The Morgan fingerprint density at radius 2 is 1.75 bits per heavy atom. The van der Waals surface area contributed by atoms with Gasteiger partial charge in [-0.05, 0) is 37.0 Å². The Morgan fingerprint density at radius 3 is 2.33 bits per heavy atom. The van der Waals surface area contributed by atoms with Crippen LogP contribution in [0.25, 0.3) is 0 Å². The Balaban J connectivity index is 2.37. The van der Waals surface area contributed by atoms with E-state index in [2.05, 4.69) is 15.9 Å². The molecule has 0 spiro atoms. The van der Waals surface area contributed by atoms with Crippen molar-refractivity contribution < 1.29 is 5.11 Å². The van der Waals surface area contributed by atoms with Gasteiger partial charge in [0.15, 0.2) is 0 Å². The summed E-state index contributed by atoms with van der Waals surface area (Å²) < 4.78 is 0. The maximum Gasteiger partial charge on any atom is 0.115 e. The summed E-state index contributed by atoms with van der Waals surface area (Å²) in [5.74, 6) is 0.347. The predicted molar refractivity (Wildman–Crippen MR) is 54.8 cm³/mol. The standard InChI is InChI=1S/C10H13BrO/c11-8-2-1-3-9-4-6-10(12)7-5-9/h4-7,12H,1-3,8H2. The van der Waals surface area contributed by atoms with Crippen molar-refractivity contribution in [3.8, 4) is 5.75 Å². The number of unbranched alkanes of at least 4 members (excludes halogenated alkanes) is 1. The summed E-state index contributed by atoms with van der Waals surface area (Å²) in [6.07, 6.45) is 3.52. The Bertz CT molecular complexity index is 218. The fraction of sp³-hybridized carbons (Fsp3) is 0.400. The number of halogens is 1. The van der Waals surface area contributed by atoms with E-state index in [-0.39, 0.29) is 0 Å². The van der Waals surface area contributed by atoms with Crippen LogP contribution in [-0.2, 0) is 6.42 Å². The van der Waals surface area contributed by atoms with Crippen molar-refractivity contribution in [2.45, 2.75) is 19.3 Å². The van der Waals surface area contributed by atoms with Gasteiger partial charge >= 0.3 is 0 Å². The largest absolute Gasteiger partial charge is 0.508 e. The zero-order chi connectivity index (χ0) is 8.81. The molecule has 0 aliphatic heterocycles. The highest BCUT2D eigenvalue weighted by atomic mass is 79.9. The Labute approximate surface area is 81.6 Å². The van der Waals surface area contributed by atoms with Gasteiger partial charge in [0, 0.05) is 5.33 Å². The molecular weight excluding hydrogens is 216 g/mol. The van der Waals surface area contributed by atoms with Crippen LogP contribution in [0.5, 0.6) is 5.75 Å². The Morgan fingerprint density at radius 1 is 1.08 bits per heavy atom. The molecule has 0 saturated heterocycles. The lowest BCUT2D eigenvalue weighted by Crippen LogP contribution is -1.85. The smallest absolute Gasteiger partial charge is 0.115 e. The van der Waals surface area contributed by atoms with E-state index in [1.165, 1.54) is 18.4 Å². The molecule has 0 aromatic heterocycles. The summed E-state index contributed by atoms with van der Waals surface area (Å²) in [4.78, 5) is 0. The number of aromatic hydroxyl groups is 1. The minimum absolute atomic E-state index is 0.347. The minimum Gasteiger partial charge on any atom is -0.508 e. The average molecular weight is 229 g/mol. The molecule has 0 heterocycles. The first-order chi connectivity index (χ1) is 5.83. The van der Waals surface area contributed by atoms with E-state index in [1.54, 1.807) is 12.1 Å². The lowest BCUT2D eigenvalue weighted by atomic mass is 10.1. The third kappa shape index (κ3) is 3.26. The Kier molecular flexibility index (Phi) is 4.15. The van der Waals surface area contributed by atoms with E-state index in [0.717, 1.165) is 11.8 Å². The predicted octanol–water partition coefficient (Wildman–Crippen LogP) is 3.11. The van der Waals surface area contributed by atoms with Crippen LogP contribution in [-0.4, -0.2) is 10.4 Å². The molecule has 1 aromatic carbocycles. The second-order valence-electron chi connectivity index (χ2n) is 2.81. The molecule has 0 aliphatic rings. The van der Waals surface area contributed by atoms with Crippen molar-refractivity contribution in [3.05, 3.63) is 29.8 Å². The van der Waals surface area contributed by atoms with E-state index in [9.17, 15) is 0 Å². The number of phenolic OH excluding ortho intramolecular Hbond substituents is 1. The molecule has 1 N–H and O–H groups in total. The first-order valence-corrected chi connectivity index (χ1v) is 5.29. The highest BCUT2D eigenvalue weighted by molar-refractivity contribution is 9.09. The van der Waals surface area contributed by atoms with Crippen molar-refractivity contribution >= 4 is 15.9 Å². The number of benzene rings is 1. The van der Waals surface area contributed by atoms with Crippen LogP contribution in [0.2, 0.25) is 0 Å². The highest BCUT2D eigenvalue weighted by Gasteiger charge is 1.92. The van der Waals surface area contributed by atoms with Crippen LogP contribution >= 0.6 is 15.9 Å². The third-order valence-corrected chi connectivity index (χ3v) is 2.35. The van der Waals surface area contributed by atoms with Crippen molar-refractivity contribution in [2.75, 3.05) is 5.33 Å². The van der Waals surface area contributed by atoms with Crippen molar-refractivity contribution in [1.82, 2.24) is 0 Å². The van der Waals surface area contributed by atoms with Crippen molar-refractivity contribution in [2.24, 2.45) is 0 Å². The highest BCUT2D eigenvalue weighted by Crippen LogP contribution is 2.11. The van der Waals surface area contributed by atoms with Crippen molar-refractivity contribution in [3.63, 3.8) is 0 Å². The average Bonchev–Trinajstić information content (AvgIpc) is 2.09. The second-order valence-corrected chi connectivity index (χ2v) is 3.61. The normalized spacial score (nSPS) is 10.1. The molecule has 1 rings (SSSR count). The lowest BCUT2D eigenvalue weighted by molar-refractivity contribution is 0.475. The van der Waals surface area contributed by atoms with Gasteiger partial charge in [0.2, 0.25) is 0 Å². The van der Waals surface area contributed by atoms with Gasteiger partial charge < -0.3 is 5.11 Å². The molecule has 0 radical (unpaired) electrons. The molecule has 0 amide bonds. The number of hydrogen-bond donors (Lipinski definition) is 1. The van der Waals surface area contributed by atoms with E-state index < -0.39 is 0 Å². The number of rotatable bonds is 4. The number of hydrogen-bond acceptors (Lipinski definition) is 1. The SMILES string of the molecule is Oc1ccc(CCCCBr)cc1. The molecule has 0 saturated carbocycles. The first-order valence-electron chi connectivity index (χ1n) is 4.17. The van der Waals surface area contributed by atoms with Gasteiger partial charge in [-0.25, -0.2) is 0 Å². The number of aryl methyl sites for hydroxylation is 1. The zero-order valence-corrected chi connectivity index (χ0v) is 8.55. The Hall–Kier alpha value is -0.500. The van der Waals surface area contributed by atoms with E-state index in [0.29, 0.717) is 5.75 Å². The van der Waals surface area contributed by atoms with Gasteiger partial charge in [-0.1, -0.05) is 28.1 Å². The maximum atomic E-state index is 9.02. The van der Waals surface area contributed by atoms with Gasteiger partial charge in [0.1, 0.15) is 5.75 Å².